The number of aromatic nitrogens is 1. The molecule has 0 aliphatic heterocycles. The Labute approximate surface area is 145 Å². The minimum Gasteiger partial charge on any atom is -0.380 e. The first-order valence-electron chi connectivity index (χ1n) is 7.93. The lowest BCUT2D eigenvalue weighted by molar-refractivity contribution is 0.102. The molecule has 1 amide bonds. The lowest BCUT2D eigenvalue weighted by atomic mass is 10.1. The number of nitrogens with zero attached hydrogens (tertiary/aromatic N) is 1. The first-order chi connectivity index (χ1) is 12.1. The van der Waals surface area contributed by atoms with Gasteiger partial charge in [0.2, 0.25) is 0 Å². The molecule has 0 atom stereocenters. The highest BCUT2D eigenvalue weighted by Gasteiger charge is 2.12. The summed E-state index contributed by atoms with van der Waals surface area (Å²) < 4.78 is 13.7. The van der Waals surface area contributed by atoms with E-state index >= 15 is 0 Å². The number of halogens is 1. The SMILES string of the molecule is Cc1ccc(NC(=O)c2ccccc2NCc2ccncc2)cc1F. The van der Waals surface area contributed by atoms with E-state index < -0.39 is 0 Å². The molecule has 126 valence electrons. The summed E-state index contributed by atoms with van der Waals surface area (Å²) in [6.45, 7) is 2.26. The first-order valence-corrected chi connectivity index (χ1v) is 7.93. The quantitative estimate of drug-likeness (QED) is 0.727. The summed E-state index contributed by atoms with van der Waals surface area (Å²) in [5.41, 5.74) is 3.24. The molecular formula is C20H18FN3O. The summed E-state index contributed by atoms with van der Waals surface area (Å²) in [5.74, 6) is -0.636. The molecule has 2 N–H and O–H groups in total. The molecule has 0 saturated carbocycles. The topological polar surface area (TPSA) is 54.0 Å². The summed E-state index contributed by atoms with van der Waals surface area (Å²) in [6, 6.07) is 15.7. The molecule has 0 bridgehead atoms. The summed E-state index contributed by atoms with van der Waals surface area (Å²) in [6.07, 6.45) is 3.45. The van der Waals surface area contributed by atoms with E-state index in [2.05, 4.69) is 15.6 Å². The van der Waals surface area contributed by atoms with Crippen molar-refractivity contribution in [2.75, 3.05) is 10.6 Å². The van der Waals surface area contributed by atoms with Gasteiger partial charge in [0.1, 0.15) is 5.82 Å². The molecule has 0 spiro atoms. The van der Waals surface area contributed by atoms with E-state index in [9.17, 15) is 9.18 Å². The number of carbonyl (C=O) groups excluding carboxylic acids is 1. The predicted molar refractivity (Wildman–Crippen MR) is 97.1 cm³/mol. The van der Waals surface area contributed by atoms with Crippen LogP contribution in [0.3, 0.4) is 0 Å². The van der Waals surface area contributed by atoms with Crippen LogP contribution < -0.4 is 10.6 Å². The zero-order valence-corrected chi connectivity index (χ0v) is 13.8. The minimum absolute atomic E-state index is 0.291. The molecule has 0 saturated heterocycles. The van der Waals surface area contributed by atoms with Crippen molar-refractivity contribution in [2.45, 2.75) is 13.5 Å². The highest BCUT2D eigenvalue weighted by Crippen LogP contribution is 2.19. The zero-order chi connectivity index (χ0) is 17.6. The fourth-order valence-corrected chi connectivity index (χ4v) is 2.40. The second-order valence-electron chi connectivity index (χ2n) is 5.67. The number of aryl methyl sites for hydroxylation is 1. The molecule has 5 heteroatoms. The molecule has 4 nitrogen and oxygen atoms in total. The van der Waals surface area contributed by atoms with Gasteiger partial charge in [0.15, 0.2) is 0 Å². The van der Waals surface area contributed by atoms with E-state index in [1.54, 1.807) is 43.6 Å². The second-order valence-corrected chi connectivity index (χ2v) is 5.67. The third-order valence-electron chi connectivity index (χ3n) is 3.83. The van der Waals surface area contributed by atoms with E-state index in [-0.39, 0.29) is 11.7 Å². The van der Waals surface area contributed by atoms with Crippen molar-refractivity contribution < 1.29 is 9.18 Å². The monoisotopic (exact) mass is 335 g/mol. The van der Waals surface area contributed by atoms with Crippen molar-refractivity contribution in [2.24, 2.45) is 0 Å². The van der Waals surface area contributed by atoms with Gasteiger partial charge in [-0.1, -0.05) is 18.2 Å². The summed E-state index contributed by atoms with van der Waals surface area (Å²) >= 11 is 0. The number of benzene rings is 2. The Morgan fingerprint density at radius 3 is 2.60 bits per heavy atom. The van der Waals surface area contributed by atoms with E-state index in [0.29, 0.717) is 29.0 Å². The van der Waals surface area contributed by atoms with Gasteiger partial charge in [-0.3, -0.25) is 9.78 Å². The van der Waals surface area contributed by atoms with Crippen molar-refractivity contribution in [3.8, 4) is 0 Å². The number of hydrogen-bond acceptors (Lipinski definition) is 3. The molecule has 0 aliphatic carbocycles. The summed E-state index contributed by atoms with van der Waals surface area (Å²) in [7, 11) is 0. The van der Waals surface area contributed by atoms with Crippen LogP contribution in [-0.2, 0) is 6.54 Å². The average Bonchev–Trinajstić information content (AvgIpc) is 2.64. The minimum atomic E-state index is -0.345. The van der Waals surface area contributed by atoms with E-state index in [0.717, 1.165) is 5.56 Å². The van der Waals surface area contributed by atoms with Crippen molar-refractivity contribution in [1.82, 2.24) is 4.98 Å². The van der Waals surface area contributed by atoms with Crippen molar-refractivity contribution >= 4 is 17.3 Å². The van der Waals surface area contributed by atoms with Gasteiger partial charge in [0, 0.05) is 30.3 Å². The molecule has 1 aromatic heterocycles. The fourth-order valence-electron chi connectivity index (χ4n) is 2.40. The number of amides is 1. The van der Waals surface area contributed by atoms with E-state index in [1.165, 1.54) is 6.07 Å². The second kappa shape index (κ2) is 7.57. The lowest BCUT2D eigenvalue weighted by Gasteiger charge is -2.12. The molecular weight excluding hydrogens is 317 g/mol. The van der Waals surface area contributed by atoms with Crippen molar-refractivity contribution in [3.05, 3.63) is 89.5 Å². The maximum atomic E-state index is 13.7. The van der Waals surface area contributed by atoms with Crippen molar-refractivity contribution in [1.29, 1.82) is 0 Å². The molecule has 25 heavy (non-hydrogen) atoms. The van der Waals surface area contributed by atoms with Crippen LogP contribution in [0, 0.1) is 12.7 Å². The standard InChI is InChI=1S/C20H18FN3O/c1-14-6-7-16(12-18(14)21)24-20(25)17-4-2-3-5-19(17)23-13-15-8-10-22-11-9-15/h2-12,23H,13H2,1H3,(H,24,25). The molecule has 0 unspecified atom stereocenters. The van der Waals surface area contributed by atoms with Crippen molar-refractivity contribution in [3.63, 3.8) is 0 Å². The zero-order valence-electron chi connectivity index (χ0n) is 13.8. The molecule has 0 radical (unpaired) electrons. The predicted octanol–water partition coefficient (Wildman–Crippen LogP) is 4.39. The maximum Gasteiger partial charge on any atom is 0.257 e. The van der Waals surface area contributed by atoms with E-state index in [1.807, 2.05) is 24.3 Å². The maximum absolute atomic E-state index is 13.7. The lowest BCUT2D eigenvalue weighted by Crippen LogP contribution is -2.15. The van der Waals surface area contributed by atoms with Gasteiger partial charge in [-0.2, -0.15) is 0 Å². The Balaban J connectivity index is 1.75. The van der Waals surface area contributed by atoms with Gasteiger partial charge in [0.05, 0.1) is 5.56 Å². The molecule has 3 aromatic rings. The van der Waals surface area contributed by atoms with Crippen LogP contribution in [-0.4, -0.2) is 10.9 Å². The number of anilines is 2. The molecule has 1 heterocycles. The van der Waals surface area contributed by atoms with Crippen LogP contribution >= 0.6 is 0 Å². The molecule has 2 aromatic carbocycles. The van der Waals surface area contributed by atoms with Crippen LogP contribution in [0.5, 0.6) is 0 Å². The van der Waals surface area contributed by atoms with Crippen LogP contribution in [0.2, 0.25) is 0 Å². The number of nitrogens with one attached hydrogen (secondary N) is 2. The Kier molecular flexibility index (Phi) is 5.04. The Morgan fingerprint density at radius 2 is 1.84 bits per heavy atom. The van der Waals surface area contributed by atoms with Crippen LogP contribution in [0.4, 0.5) is 15.8 Å². The van der Waals surface area contributed by atoms with Crippen LogP contribution in [0.15, 0.2) is 67.0 Å². The number of rotatable bonds is 5. The fraction of sp³-hybridized carbons (Fsp3) is 0.100. The number of hydrogen-bond donors (Lipinski definition) is 2. The third-order valence-corrected chi connectivity index (χ3v) is 3.83. The smallest absolute Gasteiger partial charge is 0.257 e. The van der Waals surface area contributed by atoms with Gasteiger partial charge < -0.3 is 10.6 Å². The van der Waals surface area contributed by atoms with Gasteiger partial charge >= 0.3 is 0 Å². The Bertz CT molecular complexity index is 881. The Hall–Kier alpha value is -3.21. The molecule has 0 aliphatic rings. The van der Waals surface area contributed by atoms with Gasteiger partial charge in [-0.05, 0) is 54.4 Å². The molecule has 0 fully saturated rings. The first kappa shape index (κ1) is 16.6. The molecule has 3 rings (SSSR count). The average molecular weight is 335 g/mol. The highest BCUT2D eigenvalue weighted by molar-refractivity contribution is 6.08. The third kappa shape index (κ3) is 4.20. The Morgan fingerprint density at radius 1 is 1.08 bits per heavy atom. The van der Waals surface area contributed by atoms with Gasteiger partial charge in [0.25, 0.3) is 5.91 Å². The summed E-state index contributed by atoms with van der Waals surface area (Å²) in [4.78, 5) is 16.5. The van der Waals surface area contributed by atoms with Gasteiger partial charge in [-0.15, -0.1) is 0 Å². The van der Waals surface area contributed by atoms with E-state index in [4.69, 9.17) is 0 Å². The highest BCUT2D eigenvalue weighted by atomic mass is 19.1. The van der Waals surface area contributed by atoms with Crippen LogP contribution in [0.1, 0.15) is 21.5 Å². The number of carbonyl (C=O) groups is 1. The summed E-state index contributed by atoms with van der Waals surface area (Å²) in [5, 5.41) is 5.99. The van der Waals surface area contributed by atoms with Gasteiger partial charge in [-0.25, -0.2) is 4.39 Å². The largest absolute Gasteiger partial charge is 0.380 e. The number of para-hydroxylation sites is 1. The van der Waals surface area contributed by atoms with Crippen LogP contribution in [0.25, 0.3) is 0 Å². The number of pyridine rings is 1. The normalized spacial score (nSPS) is 10.3.